The number of amides is 1. The SMILES string of the molecule is CC(C)(F)c1cccc(S(=O)(=O)C2(c3ccc(C(F)(C(F)(F)F)C(F)(F)F)cc3)CCN(C(=O)C3CCCCC3)C2)c1. The number of carbonyl (C=O) groups is 1. The molecule has 4 rings (SSSR count). The van der Waals surface area contributed by atoms with Gasteiger partial charge in [-0.1, -0.05) is 55.7 Å². The Bertz CT molecular complexity index is 1390. The van der Waals surface area contributed by atoms with Crippen LogP contribution in [0.1, 0.15) is 69.1 Å². The van der Waals surface area contributed by atoms with Crippen LogP contribution in [0.15, 0.2) is 53.4 Å². The van der Waals surface area contributed by atoms with Crippen molar-refractivity contribution in [3.63, 3.8) is 0 Å². The van der Waals surface area contributed by atoms with Gasteiger partial charge in [0.05, 0.1) is 4.90 Å². The third-order valence-corrected chi connectivity index (χ3v) is 10.9. The van der Waals surface area contributed by atoms with Crippen LogP contribution in [0.4, 0.5) is 35.1 Å². The Hall–Kier alpha value is -2.70. The third kappa shape index (κ3) is 5.41. The summed E-state index contributed by atoms with van der Waals surface area (Å²) in [5.41, 5.74) is -9.56. The quantitative estimate of drug-likeness (QED) is 0.310. The highest BCUT2D eigenvalue weighted by atomic mass is 32.2. The summed E-state index contributed by atoms with van der Waals surface area (Å²) in [5.74, 6) is -0.611. The Morgan fingerprint density at radius 2 is 1.40 bits per heavy atom. The Morgan fingerprint density at radius 1 is 0.833 bits per heavy atom. The zero-order chi connectivity index (χ0) is 31.4. The highest BCUT2D eigenvalue weighted by Gasteiger charge is 2.73. The van der Waals surface area contributed by atoms with Crippen LogP contribution in [-0.2, 0) is 30.7 Å². The topological polar surface area (TPSA) is 54.5 Å². The fourth-order valence-corrected chi connectivity index (χ4v) is 8.06. The monoisotopic (exact) mass is 625 g/mol. The van der Waals surface area contributed by atoms with Crippen molar-refractivity contribution in [2.45, 2.75) is 85.7 Å². The van der Waals surface area contributed by atoms with Gasteiger partial charge in [-0.25, -0.2) is 17.2 Å². The van der Waals surface area contributed by atoms with Crippen molar-refractivity contribution in [1.29, 1.82) is 0 Å². The fourth-order valence-electron chi connectivity index (χ4n) is 5.94. The van der Waals surface area contributed by atoms with Gasteiger partial charge in [-0.05, 0) is 56.4 Å². The van der Waals surface area contributed by atoms with Crippen molar-refractivity contribution >= 4 is 15.7 Å². The van der Waals surface area contributed by atoms with E-state index in [1.807, 2.05) is 0 Å². The Labute approximate surface area is 239 Å². The van der Waals surface area contributed by atoms with Gasteiger partial charge >= 0.3 is 18.0 Å². The van der Waals surface area contributed by atoms with Gasteiger partial charge in [0.25, 0.3) is 0 Å². The summed E-state index contributed by atoms with van der Waals surface area (Å²) in [6.07, 6.45) is -9.07. The van der Waals surface area contributed by atoms with E-state index in [0.717, 1.165) is 37.5 Å². The van der Waals surface area contributed by atoms with Crippen LogP contribution in [0.25, 0.3) is 0 Å². The second kappa shape index (κ2) is 10.8. The number of rotatable bonds is 6. The van der Waals surface area contributed by atoms with E-state index in [1.54, 1.807) is 0 Å². The largest absolute Gasteiger partial charge is 0.435 e. The number of likely N-dealkylation sites (tertiary alicyclic amines) is 1. The van der Waals surface area contributed by atoms with Gasteiger partial charge < -0.3 is 4.90 Å². The van der Waals surface area contributed by atoms with Gasteiger partial charge in [-0.15, -0.1) is 0 Å². The summed E-state index contributed by atoms with van der Waals surface area (Å²) < 4.78 is 136. The van der Waals surface area contributed by atoms with Crippen LogP contribution in [0, 0.1) is 5.92 Å². The van der Waals surface area contributed by atoms with Gasteiger partial charge in [0.15, 0.2) is 9.84 Å². The smallest absolute Gasteiger partial charge is 0.340 e. The van der Waals surface area contributed by atoms with Gasteiger partial charge in [0.2, 0.25) is 5.91 Å². The second-order valence-corrected chi connectivity index (χ2v) is 13.8. The highest BCUT2D eigenvalue weighted by molar-refractivity contribution is 7.92. The molecule has 0 spiro atoms. The number of carbonyl (C=O) groups excluding carboxylic acids is 1. The number of alkyl halides is 8. The first-order chi connectivity index (χ1) is 19.3. The average Bonchev–Trinajstić information content (AvgIpc) is 3.38. The number of hydrogen-bond donors (Lipinski definition) is 0. The molecule has 0 bridgehead atoms. The third-order valence-electron chi connectivity index (χ3n) is 8.43. The lowest BCUT2D eigenvalue weighted by molar-refractivity contribution is -0.348. The average molecular weight is 626 g/mol. The minimum atomic E-state index is -6.34. The van der Waals surface area contributed by atoms with E-state index in [4.69, 9.17) is 0 Å². The van der Waals surface area contributed by atoms with Crippen LogP contribution in [0.2, 0.25) is 0 Å². The number of hydrogen-bond acceptors (Lipinski definition) is 3. The van der Waals surface area contributed by atoms with Crippen LogP contribution in [0.5, 0.6) is 0 Å². The summed E-state index contributed by atoms with van der Waals surface area (Å²) >= 11 is 0. The van der Waals surface area contributed by atoms with Crippen molar-refractivity contribution in [3.05, 3.63) is 65.2 Å². The predicted octanol–water partition coefficient (Wildman–Crippen LogP) is 7.66. The molecule has 4 nitrogen and oxygen atoms in total. The van der Waals surface area contributed by atoms with Crippen LogP contribution in [0.3, 0.4) is 0 Å². The Morgan fingerprint density at radius 3 is 1.93 bits per heavy atom. The van der Waals surface area contributed by atoms with Crippen molar-refractivity contribution in [2.75, 3.05) is 13.1 Å². The first-order valence-electron chi connectivity index (χ1n) is 13.5. The molecule has 2 aromatic carbocycles. The maximum Gasteiger partial charge on any atom is 0.435 e. The van der Waals surface area contributed by atoms with E-state index in [9.17, 15) is 48.3 Å². The molecule has 1 saturated heterocycles. The van der Waals surface area contributed by atoms with E-state index < -0.39 is 50.4 Å². The number of sulfone groups is 1. The molecule has 2 aromatic rings. The lowest BCUT2D eigenvalue weighted by Gasteiger charge is -2.33. The zero-order valence-electron chi connectivity index (χ0n) is 23.0. The number of halogens is 8. The standard InChI is InChI=1S/C29H31F8NO3S/c1-25(2,30)22-9-6-10-23(17-22)42(40,41)26(15-16-38(18-26)24(39)19-7-4-3-5-8-19)20-11-13-21(14-12-20)27(31,28(32,33)34)29(35,36)37/h6,9-14,17,19H,3-5,7-8,15-16,18H2,1-2H3. The van der Waals surface area contributed by atoms with Crippen molar-refractivity contribution in [3.8, 4) is 0 Å². The summed E-state index contributed by atoms with van der Waals surface area (Å²) in [6.45, 7) is 1.98. The molecule has 2 fully saturated rings. The van der Waals surface area contributed by atoms with Crippen molar-refractivity contribution in [1.82, 2.24) is 4.90 Å². The van der Waals surface area contributed by atoms with E-state index in [-0.39, 0.29) is 52.9 Å². The maximum absolute atomic E-state index is 14.7. The van der Waals surface area contributed by atoms with E-state index >= 15 is 0 Å². The van der Waals surface area contributed by atoms with Gasteiger partial charge in [0, 0.05) is 24.6 Å². The van der Waals surface area contributed by atoms with Crippen LogP contribution < -0.4 is 0 Å². The Kier molecular flexibility index (Phi) is 8.27. The Balaban J connectivity index is 1.84. The van der Waals surface area contributed by atoms with Gasteiger partial charge in [-0.3, -0.25) is 4.79 Å². The molecule has 1 saturated carbocycles. The predicted molar refractivity (Wildman–Crippen MR) is 139 cm³/mol. The summed E-state index contributed by atoms with van der Waals surface area (Å²) in [4.78, 5) is 14.4. The van der Waals surface area contributed by atoms with Crippen molar-refractivity contribution in [2.24, 2.45) is 5.92 Å². The molecular weight excluding hydrogens is 594 g/mol. The van der Waals surface area contributed by atoms with Gasteiger partial charge in [-0.2, -0.15) is 26.3 Å². The summed E-state index contributed by atoms with van der Waals surface area (Å²) in [7, 11) is -4.54. The minimum Gasteiger partial charge on any atom is -0.340 e. The summed E-state index contributed by atoms with van der Waals surface area (Å²) in [5, 5.41) is 0. The molecule has 13 heteroatoms. The zero-order valence-corrected chi connectivity index (χ0v) is 23.8. The molecule has 1 aliphatic heterocycles. The fraction of sp³-hybridized carbons (Fsp3) is 0.552. The first kappa shape index (κ1) is 32.2. The molecule has 0 N–H and O–H groups in total. The first-order valence-corrected chi connectivity index (χ1v) is 15.0. The molecule has 1 aliphatic carbocycles. The molecule has 232 valence electrons. The van der Waals surface area contributed by atoms with E-state index in [2.05, 4.69) is 0 Å². The lowest BCUT2D eigenvalue weighted by atomic mass is 9.88. The highest BCUT2D eigenvalue weighted by Crippen LogP contribution is 2.54. The molecule has 2 aliphatic rings. The molecule has 1 heterocycles. The molecule has 1 unspecified atom stereocenters. The number of nitrogens with zero attached hydrogens (tertiary/aromatic N) is 1. The summed E-state index contributed by atoms with van der Waals surface area (Å²) in [6, 6.07) is 7.06. The molecule has 1 amide bonds. The second-order valence-electron chi connectivity index (χ2n) is 11.6. The van der Waals surface area contributed by atoms with Crippen LogP contribution in [-0.4, -0.2) is 44.7 Å². The molecule has 0 radical (unpaired) electrons. The maximum atomic E-state index is 14.7. The molecular formula is C29H31F8NO3S. The van der Waals surface area contributed by atoms with Crippen LogP contribution >= 0.6 is 0 Å². The normalized spacial score (nSPS) is 21.5. The minimum absolute atomic E-state index is 0.0276. The molecule has 1 atom stereocenters. The van der Waals surface area contributed by atoms with E-state index in [1.165, 1.54) is 36.9 Å². The molecule has 42 heavy (non-hydrogen) atoms. The molecule has 0 aromatic heterocycles. The van der Waals surface area contributed by atoms with E-state index in [0.29, 0.717) is 12.8 Å². The number of benzene rings is 2. The lowest BCUT2D eigenvalue weighted by Crippen LogP contribution is -2.50. The van der Waals surface area contributed by atoms with Gasteiger partial charge in [0.1, 0.15) is 10.4 Å². The van der Waals surface area contributed by atoms with Crippen molar-refractivity contribution < 1.29 is 48.3 Å².